The molecule has 1 N–H and O–H groups in total. The summed E-state index contributed by atoms with van der Waals surface area (Å²) in [5, 5.41) is 3.57. The highest BCUT2D eigenvalue weighted by Gasteiger charge is 2.55. The number of hydrogen-bond donors (Lipinski definition) is 1. The van der Waals surface area contributed by atoms with E-state index in [1.54, 1.807) is 12.1 Å². The van der Waals surface area contributed by atoms with E-state index in [9.17, 15) is 4.79 Å². The molecular formula is C18H24N2O3. The number of carbonyl (C=O) groups is 1. The van der Waals surface area contributed by atoms with Gasteiger partial charge in [-0.2, -0.15) is 0 Å². The molecule has 2 unspecified atom stereocenters. The molecule has 124 valence electrons. The van der Waals surface area contributed by atoms with Crippen LogP contribution in [0, 0.1) is 0 Å². The Morgan fingerprint density at radius 3 is 2.61 bits per heavy atom. The van der Waals surface area contributed by atoms with Crippen molar-refractivity contribution in [2.24, 2.45) is 0 Å². The number of rotatable bonds is 4. The van der Waals surface area contributed by atoms with E-state index < -0.39 is 0 Å². The van der Waals surface area contributed by atoms with E-state index in [0.717, 1.165) is 39.1 Å². The number of ether oxygens (including phenoxy) is 2. The molecule has 1 aliphatic carbocycles. The maximum absolute atomic E-state index is 12.2. The summed E-state index contributed by atoms with van der Waals surface area (Å²) in [6.45, 7) is 3.71. The van der Waals surface area contributed by atoms with Crippen LogP contribution in [-0.4, -0.2) is 55.0 Å². The maximum Gasteiger partial charge on any atom is 0.339 e. The van der Waals surface area contributed by atoms with Crippen LogP contribution < -0.4 is 5.32 Å². The zero-order chi connectivity index (χ0) is 15.7. The van der Waals surface area contributed by atoms with Crippen LogP contribution in [0.2, 0.25) is 0 Å². The summed E-state index contributed by atoms with van der Waals surface area (Å²) in [5.41, 5.74) is 0.893. The number of benzene rings is 1. The quantitative estimate of drug-likeness (QED) is 0.858. The van der Waals surface area contributed by atoms with Crippen molar-refractivity contribution in [3.05, 3.63) is 35.9 Å². The zero-order valence-corrected chi connectivity index (χ0v) is 13.4. The molecule has 2 saturated heterocycles. The van der Waals surface area contributed by atoms with Crippen molar-refractivity contribution in [2.45, 2.75) is 43.5 Å². The van der Waals surface area contributed by atoms with Crippen molar-refractivity contribution in [3.8, 4) is 0 Å². The molecule has 0 radical (unpaired) electrons. The van der Waals surface area contributed by atoms with E-state index >= 15 is 0 Å². The first-order valence-electron chi connectivity index (χ1n) is 8.63. The Hall–Kier alpha value is -1.43. The average molecular weight is 316 g/mol. The molecule has 1 saturated carbocycles. The Labute approximate surface area is 136 Å². The topological polar surface area (TPSA) is 50.8 Å². The third kappa shape index (κ3) is 3.01. The van der Waals surface area contributed by atoms with Crippen LogP contribution in [-0.2, 0) is 9.47 Å². The molecule has 2 aliphatic heterocycles. The van der Waals surface area contributed by atoms with Crippen LogP contribution >= 0.6 is 0 Å². The molecule has 5 heteroatoms. The van der Waals surface area contributed by atoms with Gasteiger partial charge in [0, 0.05) is 24.7 Å². The fourth-order valence-corrected chi connectivity index (χ4v) is 4.02. The summed E-state index contributed by atoms with van der Waals surface area (Å²) in [6.07, 6.45) is 4.29. The number of hydrogen-bond acceptors (Lipinski definition) is 5. The van der Waals surface area contributed by atoms with Gasteiger partial charge in [0.1, 0.15) is 0 Å². The lowest BCUT2D eigenvalue weighted by molar-refractivity contribution is -0.00393. The van der Waals surface area contributed by atoms with E-state index in [-0.39, 0.29) is 17.7 Å². The fraction of sp³-hybridized carbons (Fsp3) is 0.611. The second kappa shape index (κ2) is 6.23. The molecule has 3 fully saturated rings. The largest absolute Gasteiger partial charge is 0.443 e. The number of nitrogens with one attached hydrogen (secondary N) is 1. The average Bonchev–Trinajstić information content (AvgIpc) is 3.30. The first-order chi connectivity index (χ1) is 11.3. The highest BCUT2D eigenvalue weighted by molar-refractivity contribution is 5.89. The lowest BCUT2D eigenvalue weighted by Gasteiger charge is -2.38. The van der Waals surface area contributed by atoms with Gasteiger partial charge in [-0.05, 0) is 37.8 Å². The summed E-state index contributed by atoms with van der Waals surface area (Å²) in [7, 11) is 0. The zero-order valence-electron chi connectivity index (χ0n) is 13.4. The molecular weight excluding hydrogens is 292 g/mol. The highest BCUT2D eigenvalue weighted by Crippen LogP contribution is 2.48. The van der Waals surface area contributed by atoms with E-state index in [0.29, 0.717) is 11.6 Å². The van der Waals surface area contributed by atoms with E-state index in [1.165, 1.54) is 12.8 Å². The lowest BCUT2D eigenvalue weighted by atomic mass is 10.0. The van der Waals surface area contributed by atoms with Crippen molar-refractivity contribution >= 4 is 5.97 Å². The van der Waals surface area contributed by atoms with Gasteiger partial charge in [-0.25, -0.2) is 4.79 Å². The van der Waals surface area contributed by atoms with E-state index in [4.69, 9.17) is 9.47 Å². The van der Waals surface area contributed by atoms with Crippen LogP contribution in [0.15, 0.2) is 30.3 Å². The molecule has 0 amide bonds. The second-order valence-corrected chi connectivity index (χ2v) is 6.76. The smallest absolute Gasteiger partial charge is 0.339 e. The predicted molar refractivity (Wildman–Crippen MR) is 86.2 cm³/mol. The van der Waals surface area contributed by atoms with Crippen molar-refractivity contribution < 1.29 is 14.3 Å². The van der Waals surface area contributed by atoms with Crippen LogP contribution in [0.1, 0.15) is 36.0 Å². The molecule has 0 aromatic heterocycles. The summed E-state index contributed by atoms with van der Waals surface area (Å²) >= 11 is 0. The predicted octanol–water partition coefficient (Wildman–Crippen LogP) is 1.79. The van der Waals surface area contributed by atoms with Gasteiger partial charge in [0.15, 0.2) is 6.23 Å². The molecule has 23 heavy (non-hydrogen) atoms. The molecule has 5 nitrogen and oxygen atoms in total. The first kappa shape index (κ1) is 15.1. The van der Waals surface area contributed by atoms with E-state index in [1.807, 2.05) is 18.2 Å². The van der Waals surface area contributed by atoms with Crippen molar-refractivity contribution in [1.82, 2.24) is 10.2 Å². The summed E-state index contributed by atoms with van der Waals surface area (Å²) in [4.78, 5) is 14.8. The third-order valence-electron chi connectivity index (χ3n) is 5.42. The minimum absolute atomic E-state index is 0.161. The Morgan fingerprint density at radius 2 is 1.91 bits per heavy atom. The van der Waals surface area contributed by atoms with Crippen molar-refractivity contribution in [1.29, 1.82) is 0 Å². The minimum atomic E-state index is -0.236. The van der Waals surface area contributed by atoms with Gasteiger partial charge in [-0.15, -0.1) is 0 Å². The monoisotopic (exact) mass is 316 g/mol. The van der Waals surface area contributed by atoms with Crippen molar-refractivity contribution in [3.63, 3.8) is 0 Å². The van der Waals surface area contributed by atoms with Crippen LogP contribution in [0.25, 0.3) is 0 Å². The molecule has 1 aromatic carbocycles. The lowest BCUT2D eigenvalue weighted by Crippen LogP contribution is -2.54. The van der Waals surface area contributed by atoms with Crippen molar-refractivity contribution in [2.75, 3.05) is 26.3 Å². The first-order valence-corrected chi connectivity index (χ1v) is 8.63. The molecule has 4 rings (SSSR count). The molecule has 0 spiro atoms. The summed E-state index contributed by atoms with van der Waals surface area (Å²) in [6, 6.07) is 9.64. The van der Waals surface area contributed by atoms with Gasteiger partial charge >= 0.3 is 5.97 Å². The van der Waals surface area contributed by atoms with Gasteiger partial charge in [-0.3, -0.25) is 10.2 Å². The number of esters is 1. The van der Waals surface area contributed by atoms with Gasteiger partial charge in [0.25, 0.3) is 0 Å². The van der Waals surface area contributed by atoms with Gasteiger partial charge < -0.3 is 9.47 Å². The molecule has 2 atom stereocenters. The number of nitrogens with zero attached hydrogens (tertiary/aromatic N) is 1. The molecule has 2 heterocycles. The van der Waals surface area contributed by atoms with E-state index in [2.05, 4.69) is 10.2 Å². The summed E-state index contributed by atoms with van der Waals surface area (Å²) < 4.78 is 11.1. The normalized spacial score (nSPS) is 30.1. The number of morpholine rings is 1. The fourth-order valence-electron chi connectivity index (χ4n) is 4.02. The SMILES string of the molecule is O=C(OC1CCC(C2(N3CCOCC3)CC2)N1)c1ccccc1. The summed E-state index contributed by atoms with van der Waals surface area (Å²) in [5.74, 6) is -0.236. The second-order valence-electron chi connectivity index (χ2n) is 6.76. The minimum Gasteiger partial charge on any atom is -0.443 e. The highest BCUT2D eigenvalue weighted by atomic mass is 16.6. The van der Waals surface area contributed by atoms with Gasteiger partial charge in [0.05, 0.1) is 18.8 Å². The number of carbonyl (C=O) groups excluding carboxylic acids is 1. The Balaban J connectivity index is 1.35. The van der Waals surface area contributed by atoms with Crippen LogP contribution in [0.5, 0.6) is 0 Å². The molecule has 0 bridgehead atoms. The third-order valence-corrected chi connectivity index (χ3v) is 5.42. The molecule has 3 aliphatic rings. The maximum atomic E-state index is 12.2. The Bertz CT molecular complexity index is 553. The Morgan fingerprint density at radius 1 is 1.17 bits per heavy atom. The standard InChI is InChI=1S/C18H24N2O3/c21-17(14-4-2-1-3-5-14)23-16-7-6-15(19-16)18(8-9-18)20-10-12-22-13-11-20/h1-5,15-16,19H,6-13H2. The Kier molecular flexibility index (Phi) is 4.09. The van der Waals surface area contributed by atoms with Crippen LogP contribution in [0.4, 0.5) is 0 Å². The van der Waals surface area contributed by atoms with Gasteiger partial charge in [-0.1, -0.05) is 18.2 Å². The van der Waals surface area contributed by atoms with Crippen LogP contribution in [0.3, 0.4) is 0 Å². The molecule has 1 aromatic rings. The van der Waals surface area contributed by atoms with Gasteiger partial charge in [0.2, 0.25) is 0 Å².